The average molecular weight is 146 g/mol. The third-order valence-corrected chi connectivity index (χ3v) is 3.34. The zero-order valence-corrected chi connectivity index (χ0v) is 6.66. The highest BCUT2D eigenvalue weighted by Gasteiger charge is 2.17. The van der Waals surface area contributed by atoms with Crippen molar-refractivity contribution in [3.63, 3.8) is 0 Å². The summed E-state index contributed by atoms with van der Waals surface area (Å²) in [5, 5.41) is 9.68. The molecule has 9 heavy (non-hydrogen) atoms. The first-order valence-corrected chi connectivity index (χ1v) is 4.65. The molecule has 0 aromatic rings. The maximum atomic E-state index is 9.16. The van der Waals surface area contributed by atoms with Crippen LogP contribution in [0.3, 0.4) is 0 Å². The first kappa shape index (κ1) is 7.42. The lowest BCUT2D eigenvalue weighted by Crippen LogP contribution is -2.22. The minimum absolute atomic E-state index is 0.102. The van der Waals surface area contributed by atoms with Gasteiger partial charge in [-0.3, -0.25) is 0 Å². The maximum Gasteiger partial charge on any atom is 0.0630 e. The van der Waals surface area contributed by atoms with E-state index >= 15 is 0 Å². The molecule has 1 aliphatic rings. The van der Waals surface area contributed by atoms with Crippen molar-refractivity contribution in [2.45, 2.75) is 37.5 Å². The zero-order valence-electron chi connectivity index (χ0n) is 5.84. The van der Waals surface area contributed by atoms with Crippen LogP contribution in [0.25, 0.3) is 0 Å². The fourth-order valence-electron chi connectivity index (χ4n) is 1.15. The summed E-state index contributed by atoms with van der Waals surface area (Å²) >= 11 is 1.92. The molecule has 0 radical (unpaired) electrons. The van der Waals surface area contributed by atoms with Crippen LogP contribution in [-0.4, -0.2) is 22.2 Å². The topological polar surface area (TPSA) is 20.2 Å². The van der Waals surface area contributed by atoms with Crippen LogP contribution < -0.4 is 0 Å². The van der Waals surface area contributed by atoms with Gasteiger partial charge < -0.3 is 5.11 Å². The molecule has 0 aromatic heterocycles. The van der Waals surface area contributed by atoms with Gasteiger partial charge in [-0.25, -0.2) is 0 Å². The van der Waals surface area contributed by atoms with Gasteiger partial charge >= 0.3 is 0 Å². The number of hydrogen-bond acceptors (Lipinski definition) is 2. The zero-order chi connectivity index (χ0) is 6.69. The van der Waals surface area contributed by atoms with Gasteiger partial charge in [0.15, 0.2) is 0 Å². The Balaban J connectivity index is 2.23. The lowest BCUT2D eigenvalue weighted by Gasteiger charge is -2.23. The van der Waals surface area contributed by atoms with Gasteiger partial charge in [-0.05, 0) is 25.5 Å². The maximum absolute atomic E-state index is 9.16. The predicted octanol–water partition coefficient (Wildman–Crippen LogP) is 1.65. The molecule has 0 aliphatic carbocycles. The normalized spacial score (nSPS) is 32.0. The van der Waals surface area contributed by atoms with E-state index in [9.17, 15) is 0 Å². The number of aliphatic hydroxyl groups excluding tert-OH is 1. The van der Waals surface area contributed by atoms with E-state index in [2.05, 4.69) is 0 Å². The Bertz CT molecular complexity index is 77.0. The third kappa shape index (κ3) is 2.18. The Hall–Kier alpha value is 0.310. The van der Waals surface area contributed by atoms with E-state index in [1.54, 1.807) is 0 Å². The molecular weight excluding hydrogens is 132 g/mol. The molecule has 1 fully saturated rings. The van der Waals surface area contributed by atoms with Gasteiger partial charge in [-0.1, -0.05) is 6.42 Å². The fraction of sp³-hybridized carbons (Fsp3) is 1.00. The SMILES string of the molecule is C[C@@H](O)[C@H]1CCCCS1. The summed E-state index contributed by atoms with van der Waals surface area (Å²) in [6.45, 7) is 1.89. The van der Waals surface area contributed by atoms with E-state index in [1.807, 2.05) is 18.7 Å². The molecule has 2 heteroatoms. The largest absolute Gasteiger partial charge is 0.392 e. The third-order valence-electron chi connectivity index (χ3n) is 1.75. The van der Waals surface area contributed by atoms with Crippen LogP contribution in [0.2, 0.25) is 0 Å². The molecule has 54 valence electrons. The van der Waals surface area contributed by atoms with E-state index < -0.39 is 0 Å². The summed E-state index contributed by atoms with van der Waals surface area (Å²) in [5.41, 5.74) is 0. The molecule has 0 aromatic carbocycles. The van der Waals surface area contributed by atoms with Crippen molar-refractivity contribution >= 4 is 11.8 Å². The summed E-state index contributed by atoms with van der Waals surface area (Å²) in [6.07, 6.45) is 3.76. The highest BCUT2D eigenvalue weighted by Crippen LogP contribution is 2.27. The molecule has 1 heterocycles. The van der Waals surface area contributed by atoms with E-state index in [0.717, 1.165) is 0 Å². The Morgan fingerprint density at radius 1 is 1.56 bits per heavy atom. The van der Waals surface area contributed by atoms with Crippen molar-refractivity contribution in [2.75, 3.05) is 5.75 Å². The number of hydrogen-bond donors (Lipinski definition) is 1. The van der Waals surface area contributed by atoms with Crippen LogP contribution in [0.1, 0.15) is 26.2 Å². The molecule has 2 atom stereocenters. The molecule has 1 saturated heterocycles. The van der Waals surface area contributed by atoms with Crippen LogP contribution in [0.5, 0.6) is 0 Å². The molecule has 0 unspecified atom stereocenters. The van der Waals surface area contributed by atoms with Gasteiger partial charge in [0, 0.05) is 5.25 Å². The number of thioether (sulfide) groups is 1. The van der Waals surface area contributed by atoms with Crippen LogP contribution in [0, 0.1) is 0 Å². The van der Waals surface area contributed by atoms with Crippen LogP contribution in [0.15, 0.2) is 0 Å². The minimum Gasteiger partial charge on any atom is -0.392 e. The summed E-state index contributed by atoms with van der Waals surface area (Å²) in [4.78, 5) is 0. The van der Waals surface area contributed by atoms with Crippen molar-refractivity contribution in [1.82, 2.24) is 0 Å². The smallest absolute Gasteiger partial charge is 0.0630 e. The predicted molar refractivity (Wildman–Crippen MR) is 41.8 cm³/mol. The standard InChI is InChI=1S/C7H14OS/c1-6(8)7-4-2-3-5-9-7/h6-8H,2-5H2,1H3/t6-,7-/m1/s1. The molecule has 0 bridgehead atoms. The number of aliphatic hydroxyl groups is 1. The summed E-state index contributed by atoms with van der Waals surface area (Å²) in [7, 11) is 0. The second-order valence-corrected chi connectivity index (χ2v) is 3.99. The van der Waals surface area contributed by atoms with Crippen molar-refractivity contribution in [3.05, 3.63) is 0 Å². The van der Waals surface area contributed by atoms with Crippen molar-refractivity contribution < 1.29 is 5.11 Å². The van der Waals surface area contributed by atoms with Crippen molar-refractivity contribution in [1.29, 1.82) is 0 Å². The minimum atomic E-state index is -0.102. The Labute approximate surface area is 60.8 Å². The molecule has 1 aliphatic heterocycles. The van der Waals surface area contributed by atoms with Crippen molar-refractivity contribution in [2.24, 2.45) is 0 Å². The second kappa shape index (κ2) is 3.47. The lowest BCUT2D eigenvalue weighted by molar-refractivity contribution is 0.185. The molecule has 1 rings (SSSR count). The van der Waals surface area contributed by atoms with Gasteiger partial charge in [0.05, 0.1) is 6.10 Å². The van der Waals surface area contributed by atoms with E-state index in [4.69, 9.17) is 5.11 Å². The Morgan fingerprint density at radius 3 is 2.67 bits per heavy atom. The monoisotopic (exact) mass is 146 g/mol. The lowest BCUT2D eigenvalue weighted by atomic mass is 10.1. The van der Waals surface area contributed by atoms with Crippen molar-refractivity contribution in [3.8, 4) is 0 Å². The Kier molecular flexibility index (Phi) is 2.86. The Morgan fingerprint density at radius 2 is 2.33 bits per heavy atom. The first-order chi connectivity index (χ1) is 4.30. The summed E-state index contributed by atoms with van der Waals surface area (Å²) in [5.74, 6) is 1.25. The number of rotatable bonds is 1. The summed E-state index contributed by atoms with van der Waals surface area (Å²) < 4.78 is 0. The molecule has 1 N–H and O–H groups in total. The van der Waals surface area contributed by atoms with Gasteiger partial charge in [0.2, 0.25) is 0 Å². The van der Waals surface area contributed by atoms with Gasteiger partial charge in [0.25, 0.3) is 0 Å². The quantitative estimate of drug-likeness (QED) is 0.607. The second-order valence-electron chi connectivity index (χ2n) is 2.65. The highest BCUT2D eigenvalue weighted by atomic mass is 32.2. The first-order valence-electron chi connectivity index (χ1n) is 3.60. The van der Waals surface area contributed by atoms with Crippen LogP contribution in [-0.2, 0) is 0 Å². The van der Waals surface area contributed by atoms with Gasteiger partial charge in [0.1, 0.15) is 0 Å². The summed E-state index contributed by atoms with van der Waals surface area (Å²) in [6, 6.07) is 0. The fourth-order valence-corrected chi connectivity index (χ4v) is 2.43. The van der Waals surface area contributed by atoms with Gasteiger partial charge in [-0.15, -0.1) is 0 Å². The molecule has 1 nitrogen and oxygen atoms in total. The molecule has 0 amide bonds. The van der Waals surface area contributed by atoms with E-state index in [-0.39, 0.29) is 6.10 Å². The van der Waals surface area contributed by atoms with E-state index in [0.29, 0.717) is 5.25 Å². The highest BCUT2D eigenvalue weighted by molar-refractivity contribution is 8.00. The molecule has 0 saturated carbocycles. The van der Waals surface area contributed by atoms with Crippen LogP contribution in [0.4, 0.5) is 0 Å². The van der Waals surface area contributed by atoms with Gasteiger partial charge in [-0.2, -0.15) is 11.8 Å². The van der Waals surface area contributed by atoms with E-state index in [1.165, 1.54) is 25.0 Å². The average Bonchev–Trinajstić information content (AvgIpc) is 1.90. The molecule has 0 spiro atoms. The molecular formula is C7H14OS. The van der Waals surface area contributed by atoms with Crippen LogP contribution >= 0.6 is 11.8 Å².